The maximum absolute atomic E-state index is 12.6. The number of aryl methyl sites for hydroxylation is 1. The van der Waals surface area contributed by atoms with E-state index in [1.165, 1.54) is 0 Å². The Morgan fingerprint density at radius 2 is 2.28 bits per heavy atom. The summed E-state index contributed by atoms with van der Waals surface area (Å²) in [6.07, 6.45) is 7.40. The largest absolute Gasteiger partial charge is 0.484 e. The van der Waals surface area contributed by atoms with Crippen molar-refractivity contribution in [3.05, 3.63) is 54.3 Å². The third-order valence-corrected chi connectivity index (χ3v) is 4.95. The van der Waals surface area contributed by atoms with Gasteiger partial charge in [0.1, 0.15) is 11.4 Å². The average molecular weight is 393 g/mol. The minimum absolute atomic E-state index is 0.00184. The molecule has 1 aliphatic heterocycles. The SMILES string of the molecule is Cc1cccc(OCC(=O)N2CCCC(Cc3nc(-c4cnccn4)no3)C2)c1. The van der Waals surface area contributed by atoms with Crippen molar-refractivity contribution in [3.63, 3.8) is 0 Å². The van der Waals surface area contributed by atoms with Crippen molar-refractivity contribution in [1.29, 1.82) is 0 Å². The van der Waals surface area contributed by atoms with E-state index in [9.17, 15) is 4.79 Å². The fourth-order valence-corrected chi connectivity index (χ4v) is 3.50. The molecule has 4 rings (SSSR count). The second-order valence-electron chi connectivity index (χ2n) is 7.26. The van der Waals surface area contributed by atoms with E-state index in [2.05, 4.69) is 20.1 Å². The highest BCUT2D eigenvalue weighted by Crippen LogP contribution is 2.22. The van der Waals surface area contributed by atoms with Crippen LogP contribution < -0.4 is 4.74 Å². The number of ether oxygens (including phenoxy) is 1. The highest BCUT2D eigenvalue weighted by molar-refractivity contribution is 5.77. The Morgan fingerprint density at radius 1 is 1.34 bits per heavy atom. The van der Waals surface area contributed by atoms with Crippen LogP contribution in [-0.2, 0) is 11.2 Å². The zero-order chi connectivity index (χ0) is 20.1. The molecule has 8 nitrogen and oxygen atoms in total. The molecule has 1 aromatic carbocycles. The van der Waals surface area contributed by atoms with E-state index >= 15 is 0 Å². The lowest BCUT2D eigenvalue weighted by Gasteiger charge is -2.32. The predicted molar refractivity (Wildman–Crippen MR) is 105 cm³/mol. The molecular weight excluding hydrogens is 370 g/mol. The Hall–Kier alpha value is -3.29. The van der Waals surface area contributed by atoms with Gasteiger partial charge in [-0.3, -0.25) is 9.78 Å². The van der Waals surface area contributed by atoms with Gasteiger partial charge in [-0.25, -0.2) is 4.98 Å². The van der Waals surface area contributed by atoms with Crippen LogP contribution in [0.5, 0.6) is 5.75 Å². The van der Waals surface area contributed by atoms with Crippen LogP contribution >= 0.6 is 0 Å². The van der Waals surface area contributed by atoms with Gasteiger partial charge in [-0.05, 0) is 43.4 Å². The van der Waals surface area contributed by atoms with E-state index in [4.69, 9.17) is 9.26 Å². The maximum Gasteiger partial charge on any atom is 0.260 e. The Labute approximate surface area is 168 Å². The van der Waals surface area contributed by atoms with Crippen molar-refractivity contribution in [2.45, 2.75) is 26.2 Å². The first-order valence-corrected chi connectivity index (χ1v) is 9.73. The van der Waals surface area contributed by atoms with Crippen LogP contribution in [0.15, 0.2) is 47.4 Å². The quantitative estimate of drug-likeness (QED) is 0.635. The average Bonchev–Trinajstić information content (AvgIpc) is 3.21. The first-order chi connectivity index (χ1) is 14.2. The second kappa shape index (κ2) is 8.81. The van der Waals surface area contributed by atoms with Crippen molar-refractivity contribution < 1.29 is 14.1 Å². The van der Waals surface area contributed by atoms with E-state index in [0.717, 1.165) is 24.9 Å². The monoisotopic (exact) mass is 393 g/mol. The molecule has 150 valence electrons. The van der Waals surface area contributed by atoms with Crippen LogP contribution in [0.1, 0.15) is 24.3 Å². The number of aromatic nitrogens is 4. The van der Waals surface area contributed by atoms with E-state index < -0.39 is 0 Å². The summed E-state index contributed by atoms with van der Waals surface area (Å²) in [7, 11) is 0. The maximum atomic E-state index is 12.6. The minimum atomic E-state index is 0.00184. The number of benzene rings is 1. The zero-order valence-corrected chi connectivity index (χ0v) is 16.3. The van der Waals surface area contributed by atoms with Gasteiger partial charge in [-0.1, -0.05) is 17.3 Å². The molecule has 0 spiro atoms. The Kier molecular flexibility index (Phi) is 5.79. The summed E-state index contributed by atoms with van der Waals surface area (Å²) in [6.45, 7) is 3.46. The molecule has 2 aromatic heterocycles. The summed E-state index contributed by atoms with van der Waals surface area (Å²) < 4.78 is 11.0. The number of hydrogen-bond acceptors (Lipinski definition) is 7. The van der Waals surface area contributed by atoms with Gasteiger partial charge in [0.05, 0.1) is 6.20 Å². The smallest absolute Gasteiger partial charge is 0.260 e. The number of piperidine rings is 1. The van der Waals surface area contributed by atoms with Gasteiger partial charge in [-0.2, -0.15) is 4.98 Å². The Balaban J connectivity index is 1.31. The number of rotatable bonds is 6. The normalized spacial score (nSPS) is 16.6. The molecular formula is C21H23N5O3. The van der Waals surface area contributed by atoms with Crippen LogP contribution in [0.2, 0.25) is 0 Å². The zero-order valence-electron chi connectivity index (χ0n) is 16.3. The van der Waals surface area contributed by atoms with Gasteiger partial charge in [0.25, 0.3) is 5.91 Å². The molecule has 1 atom stereocenters. The summed E-state index contributed by atoms with van der Waals surface area (Å²) in [4.78, 5) is 27.1. The van der Waals surface area contributed by atoms with Crippen molar-refractivity contribution >= 4 is 5.91 Å². The van der Waals surface area contributed by atoms with Gasteiger partial charge < -0.3 is 14.2 Å². The van der Waals surface area contributed by atoms with Crippen LogP contribution in [0.25, 0.3) is 11.5 Å². The molecule has 0 saturated carbocycles. The summed E-state index contributed by atoms with van der Waals surface area (Å²) >= 11 is 0. The first-order valence-electron chi connectivity index (χ1n) is 9.73. The van der Waals surface area contributed by atoms with E-state index in [1.54, 1.807) is 18.6 Å². The highest BCUT2D eigenvalue weighted by atomic mass is 16.5. The number of hydrogen-bond donors (Lipinski definition) is 0. The summed E-state index contributed by atoms with van der Waals surface area (Å²) in [5.74, 6) is 1.99. The summed E-state index contributed by atoms with van der Waals surface area (Å²) in [6, 6.07) is 7.71. The van der Waals surface area contributed by atoms with Crippen molar-refractivity contribution in [1.82, 2.24) is 25.0 Å². The van der Waals surface area contributed by atoms with Crippen molar-refractivity contribution in [2.24, 2.45) is 5.92 Å². The molecule has 1 fully saturated rings. The highest BCUT2D eigenvalue weighted by Gasteiger charge is 2.26. The molecule has 1 unspecified atom stereocenters. The standard InChI is InChI=1S/C21H23N5O3/c1-15-4-2-6-17(10-15)28-14-20(27)26-9-3-5-16(13-26)11-19-24-21(25-29-19)18-12-22-7-8-23-18/h2,4,6-8,10,12,16H,3,5,9,11,13-14H2,1H3. The second-order valence-corrected chi connectivity index (χ2v) is 7.26. The molecule has 3 heterocycles. The number of carbonyl (C=O) groups excluding carboxylic acids is 1. The van der Waals surface area contributed by atoms with Crippen molar-refractivity contribution in [2.75, 3.05) is 19.7 Å². The molecule has 3 aromatic rings. The number of nitrogens with zero attached hydrogens (tertiary/aromatic N) is 5. The molecule has 0 radical (unpaired) electrons. The third kappa shape index (κ3) is 4.96. The molecule has 0 N–H and O–H groups in total. The molecule has 0 bridgehead atoms. The Morgan fingerprint density at radius 3 is 3.10 bits per heavy atom. The van der Waals surface area contributed by atoms with Crippen LogP contribution in [-0.4, -0.2) is 50.6 Å². The molecule has 1 saturated heterocycles. The van der Waals surface area contributed by atoms with Crippen LogP contribution in [0, 0.1) is 12.8 Å². The van der Waals surface area contributed by atoms with Gasteiger partial charge in [0, 0.05) is 31.9 Å². The lowest BCUT2D eigenvalue weighted by molar-refractivity contribution is -0.135. The molecule has 29 heavy (non-hydrogen) atoms. The predicted octanol–water partition coefficient (Wildman–Crippen LogP) is 2.70. The fraction of sp³-hybridized carbons (Fsp3) is 0.381. The fourth-order valence-electron chi connectivity index (χ4n) is 3.50. The van der Waals surface area contributed by atoms with Gasteiger partial charge in [0.2, 0.25) is 11.7 Å². The lowest BCUT2D eigenvalue weighted by atomic mass is 9.95. The number of amides is 1. The van der Waals surface area contributed by atoms with Crippen molar-refractivity contribution in [3.8, 4) is 17.3 Å². The third-order valence-electron chi connectivity index (χ3n) is 4.95. The molecule has 0 aliphatic carbocycles. The number of likely N-dealkylation sites (tertiary alicyclic amines) is 1. The van der Waals surface area contributed by atoms with E-state index in [1.807, 2.05) is 36.1 Å². The molecule has 1 amide bonds. The Bertz CT molecular complexity index is 960. The minimum Gasteiger partial charge on any atom is -0.484 e. The molecule has 1 aliphatic rings. The topological polar surface area (TPSA) is 94.2 Å². The molecule has 8 heteroatoms. The van der Waals surface area contributed by atoms with Crippen LogP contribution in [0.4, 0.5) is 0 Å². The summed E-state index contributed by atoms with van der Waals surface area (Å²) in [5, 5.41) is 3.99. The van der Waals surface area contributed by atoms with Gasteiger partial charge in [0.15, 0.2) is 6.61 Å². The van der Waals surface area contributed by atoms with E-state index in [-0.39, 0.29) is 18.4 Å². The van der Waals surface area contributed by atoms with Crippen LogP contribution in [0.3, 0.4) is 0 Å². The first kappa shape index (κ1) is 19.0. The number of carbonyl (C=O) groups is 1. The lowest BCUT2D eigenvalue weighted by Crippen LogP contribution is -2.42. The van der Waals surface area contributed by atoms with Gasteiger partial charge >= 0.3 is 0 Å². The van der Waals surface area contributed by atoms with Gasteiger partial charge in [-0.15, -0.1) is 0 Å². The van der Waals surface area contributed by atoms with E-state index in [0.29, 0.717) is 36.1 Å². The summed E-state index contributed by atoms with van der Waals surface area (Å²) in [5.41, 5.74) is 1.68.